The Morgan fingerprint density at radius 3 is 2.29 bits per heavy atom. The van der Waals surface area contributed by atoms with Gasteiger partial charge in [-0.2, -0.15) is 0 Å². The molecular formula is C16H31N3O2. The van der Waals surface area contributed by atoms with E-state index in [-0.39, 0.29) is 29.3 Å². The first-order valence-corrected chi connectivity index (χ1v) is 7.97. The number of likely N-dealkylation sites (N-methyl/N-ethyl adjacent to an activating group) is 1. The van der Waals surface area contributed by atoms with Gasteiger partial charge in [-0.1, -0.05) is 13.3 Å². The normalized spacial score (nSPS) is 18.1. The standard InChI is InChI=1S/C16H31N3O2/c1-6-7-16(8-10-17-11-9-16)14(21)19(5)12-13(20)18-15(2,3)4/h17H,6-12H2,1-5H3,(H,18,20). The molecule has 5 nitrogen and oxygen atoms in total. The van der Waals surface area contributed by atoms with Crippen LogP contribution in [0.2, 0.25) is 0 Å². The van der Waals surface area contributed by atoms with Gasteiger partial charge in [0.15, 0.2) is 0 Å². The molecule has 122 valence electrons. The Hall–Kier alpha value is -1.10. The molecule has 0 atom stereocenters. The Morgan fingerprint density at radius 1 is 1.24 bits per heavy atom. The second-order valence-electron chi connectivity index (χ2n) is 7.24. The van der Waals surface area contributed by atoms with Crippen LogP contribution in [0, 0.1) is 5.41 Å². The van der Waals surface area contributed by atoms with Crippen LogP contribution in [0.25, 0.3) is 0 Å². The number of nitrogens with zero attached hydrogens (tertiary/aromatic N) is 1. The minimum atomic E-state index is -0.281. The van der Waals surface area contributed by atoms with Crippen molar-refractivity contribution in [3.05, 3.63) is 0 Å². The summed E-state index contributed by atoms with van der Waals surface area (Å²) in [6, 6.07) is 0. The SMILES string of the molecule is CCCC1(C(=O)N(C)CC(=O)NC(C)(C)C)CCNCC1. The van der Waals surface area contributed by atoms with Crippen molar-refractivity contribution in [2.24, 2.45) is 5.41 Å². The summed E-state index contributed by atoms with van der Waals surface area (Å²) in [5.41, 5.74) is -0.548. The summed E-state index contributed by atoms with van der Waals surface area (Å²) in [5.74, 6) is 0.0221. The van der Waals surface area contributed by atoms with Gasteiger partial charge in [0.05, 0.1) is 12.0 Å². The predicted molar refractivity (Wildman–Crippen MR) is 85.0 cm³/mol. The molecule has 2 N–H and O–H groups in total. The summed E-state index contributed by atoms with van der Waals surface area (Å²) in [6.07, 6.45) is 3.63. The Labute approximate surface area is 128 Å². The van der Waals surface area contributed by atoms with E-state index in [2.05, 4.69) is 17.6 Å². The third-order valence-corrected chi connectivity index (χ3v) is 3.98. The Morgan fingerprint density at radius 2 is 1.81 bits per heavy atom. The molecule has 0 bridgehead atoms. The molecule has 0 saturated carbocycles. The molecule has 0 aromatic rings. The van der Waals surface area contributed by atoms with Gasteiger partial charge < -0.3 is 15.5 Å². The molecular weight excluding hydrogens is 266 g/mol. The zero-order chi connectivity index (χ0) is 16.1. The molecule has 1 aliphatic heterocycles. The summed E-state index contributed by atoms with van der Waals surface area (Å²) in [5, 5.41) is 6.22. The highest BCUT2D eigenvalue weighted by Gasteiger charge is 2.40. The van der Waals surface area contributed by atoms with Crippen molar-refractivity contribution < 1.29 is 9.59 Å². The van der Waals surface area contributed by atoms with E-state index in [4.69, 9.17) is 0 Å². The van der Waals surface area contributed by atoms with Crippen LogP contribution in [0.15, 0.2) is 0 Å². The smallest absolute Gasteiger partial charge is 0.240 e. The van der Waals surface area contributed by atoms with Crippen LogP contribution in [0.5, 0.6) is 0 Å². The van der Waals surface area contributed by atoms with Crippen molar-refractivity contribution in [1.82, 2.24) is 15.5 Å². The number of piperidine rings is 1. The Kier molecular flexibility index (Phi) is 6.20. The molecule has 0 radical (unpaired) electrons. The first-order valence-electron chi connectivity index (χ1n) is 7.97. The molecule has 2 amide bonds. The van der Waals surface area contributed by atoms with Gasteiger partial charge in [-0.25, -0.2) is 0 Å². The van der Waals surface area contributed by atoms with Gasteiger partial charge in [0.1, 0.15) is 0 Å². The van der Waals surface area contributed by atoms with Crippen LogP contribution < -0.4 is 10.6 Å². The van der Waals surface area contributed by atoms with E-state index in [0.29, 0.717) is 0 Å². The number of rotatable bonds is 5. The minimum Gasteiger partial charge on any atom is -0.350 e. The number of carbonyl (C=O) groups excluding carboxylic acids is 2. The number of hydrogen-bond donors (Lipinski definition) is 2. The molecule has 0 aliphatic carbocycles. The summed E-state index contributed by atoms with van der Waals surface area (Å²) in [7, 11) is 1.74. The summed E-state index contributed by atoms with van der Waals surface area (Å²) >= 11 is 0. The van der Waals surface area contributed by atoms with Crippen LogP contribution in [0.1, 0.15) is 53.4 Å². The van der Waals surface area contributed by atoms with E-state index in [1.807, 2.05) is 20.8 Å². The fourth-order valence-corrected chi connectivity index (χ4v) is 3.10. The molecule has 0 aromatic heterocycles. The number of carbonyl (C=O) groups is 2. The third-order valence-electron chi connectivity index (χ3n) is 3.98. The molecule has 1 fully saturated rings. The van der Waals surface area contributed by atoms with Crippen LogP contribution in [0.4, 0.5) is 0 Å². The van der Waals surface area contributed by atoms with E-state index in [9.17, 15) is 9.59 Å². The van der Waals surface area contributed by atoms with E-state index in [1.165, 1.54) is 0 Å². The third kappa shape index (κ3) is 5.30. The second kappa shape index (κ2) is 7.25. The maximum absolute atomic E-state index is 12.8. The number of hydrogen-bond acceptors (Lipinski definition) is 3. The molecule has 0 spiro atoms. The van der Waals surface area contributed by atoms with Crippen molar-refractivity contribution in [3.63, 3.8) is 0 Å². The molecule has 5 heteroatoms. The zero-order valence-corrected chi connectivity index (χ0v) is 14.2. The van der Waals surface area contributed by atoms with Crippen LogP contribution in [-0.4, -0.2) is 48.9 Å². The maximum Gasteiger partial charge on any atom is 0.240 e. The lowest BCUT2D eigenvalue weighted by Gasteiger charge is -2.39. The van der Waals surface area contributed by atoms with Crippen LogP contribution in [-0.2, 0) is 9.59 Å². The second-order valence-corrected chi connectivity index (χ2v) is 7.24. The van der Waals surface area contributed by atoms with E-state index < -0.39 is 0 Å². The largest absolute Gasteiger partial charge is 0.350 e. The molecule has 0 aromatic carbocycles. The van der Waals surface area contributed by atoms with Gasteiger partial charge in [-0.3, -0.25) is 9.59 Å². The summed E-state index contributed by atoms with van der Waals surface area (Å²) in [6.45, 7) is 9.84. The van der Waals surface area contributed by atoms with E-state index in [0.717, 1.165) is 38.8 Å². The lowest BCUT2D eigenvalue weighted by molar-refractivity contribution is -0.145. The maximum atomic E-state index is 12.8. The molecule has 1 heterocycles. The molecule has 0 unspecified atom stereocenters. The summed E-state index contributed by atoms with van der Waals surface area (Å²) < 4.78 is 0. The van der Waals surface area contributed by atoms with Crippen molar-refractivity contribution in [1.29, 1.82) is 0 Å². The van der Waals surface area contributed by atoms with Crippen molar-refractivity contribution in [3.8, 4) is 0 Å². The molecule has 21 heavy (non-hydrogen) atoms. The molecule has 1 aliphatic rings. The number of nitrogens with one attached hydrogen (secondary N) is 2. The quantitative estimate of drug-likeness (QED) is 0.809. The van der Waals surface area contributed by atoms with Crippen LogP contribution in [0.3, 0.4) is 0 Å². The van der Waals surface area contributed by atoms with Crippen molar-refractivity contribution in [2.75, 3.05) is 26.7 Å². The average molecular weight is 297 g/mol. The van der Waals surface area contributed by atoms with E-state index >= 15 is 0 Å². The molecule has 1 rings (SSSR count). The minimum absolute atomic E-state index is 0.0982. The fourth-order valence-electron chi connectivity index (χ4n) is 3.10. The van der Waals surface area contributed by atoms with E-state index in [1.54, 1.807) is 11.9 Å². The first-order chi connectivity index (χ1) is 9.70. The van der Waals surface area contributed by atoms with Gasteiger partial charge in [0.2, 0.25) is 11.8 Å². The van der Waals surface area contributed by atoms with Gasteiger partial charge in [-0.05, 0) is 53.1 Å². The fraction of sp³-hybridized carbons (Fsp3) is 0.875. The van der Waals surface area contributed by atoms with Gasteiger partial charge in [0.25, 0.3) is 0 Å². The van der Waals surface area contributed by atoms with Crippen molar-refractivity contribution in [2.45, 2.75) is 58.9 Å². The van der Waals surface area contributed by atoms with Gasteiger partial charge >= 0.3 is 0 Å². The van der Waals surface area contributed by atoms with Gasteiger partial charge in [-0.15, -0.1) is 0 Å². The lowest BCUT2D eigenvalue weighted by atomic mass is 9.74. The highest BCUT2D eigenvalue weighted by molar-refractivity contribution is 5.88. The first kappa shape index (κ1) is 18.0. The molecule has 1 saturated heterocycles. The number of amides is 2. The zero-order valence-electron chi connectivity index (χ0n) is 14.2. The Bertz CT molecular complexity index is 363. The topological polar surface area (TPSA) is 61.4 Å². The van der Waals surface area contributed by atoms with Crippen molar-refractivity contribution >= 4 is 11.8 Å². The average Bonchev–Trinajstić information content (AvgIpc) is 2.36. The van der Waals surface area contributed by atoms with Crippen LogP contribution >= 0.6 is 0 Å². The summed E-state index contributed by atoms with van der Waals surface area (Å²) in [4.78, 5) is 26.4. The Balaban J connectivity index is 2.68. The van der Waals surface area contributed by atoms with Gasteiger partial charge in [0, 0.05) is 12.6 Å². The highest BCUT2D eigenvalue weighted by Crippen LogP contribution is 2.35. The lowest BCUT2D eigenvalue weighted by Crippen LogP contribution is -2.52. The highest BCUT2D eigenvalue weighted by atomic mass is 16.2. The predicted octanol–water partition coefficient (Wildman–Crippen LogP) is 1.53. The monoisotopic (exact) mass is 297 g/mol.